The fourth-order valence-corrected chi connectivity index (χ4v) is 6.82. The number of ether oxygens (including phenoxy) is 2. The third-order valence-electron chi connectivity index (χ3n) is 8.06. The molecular formula is C34H39F3N6O3S. The van der Waals surface area contributed by atoms with Crippen LogP contribution in [0.5, 0.6) is 11.5 Å². The van der Waals surface area contributed by atoms with Gasteiger partial charge in [-0.25, -0.2) is 14.5 Å². The minimum absolute atomic E-state index is 0.0395. The molecule has 2 amide bonds. The minimum Gasteiger partial charge on any atom is -0.497 e. The van der Waals surface area contributed by atoms with E-state index in [1.54, 1.807) is 18.9 Å². The molecule has 1 saturated heterocycles. The molecule has 2 heterocycles. The van der Waals surface area contributed by atoms with Crippen LogP contribution in [-0.4, -0.2) is 58.1 Å². The molecule has 0 radical (unpaired) electrons. The normalized spacial score (nSPS) is 17.3. The number of halogens is 3. The number of methoxy groups -OCH3 is 1. The first-order valence-electron chi connectivity index (χ1n) is 15.4. The summed E-state index contributed by atoms with van der Waals surface area (Å²) < 4.78 is 48.3. The topological polar surface area (TPSA) is 93.5 Å². The van der Waals surface area contributed by atoms with Gasteiger partial charge in [0.25, 0.3) is 0 Å². The summed E-state index contributed by atoms with van der Waals surface area (Å²) in [6, 6.07) is 19.3. The van der Waals surface area contributed by atoms with Crippen LogP contribution in [0.1, 0.15) is 57.1 Å². The maximum Gasteiger partial charge on any atom is 0.573 e. The van der Waals surface area contributed by atoms with E-state index >= 15 is 0 Å². The van der Waals surface area contributed by atoms with Crippen LogP contribution in [0.3, 0.4) is 0 Å². The third kappa shape index (κ3) is 8.51. The molecule has 1 aliphatic heterocycles. The van der Waals surface area contributed by atoms with Crippen LogP contribution in [0.2, 0.25) is 0 Å². The summed E-state index contributed by atoms with van der Waals surface area (Å²) in [6.07, 6.45) is -2.24. The molecule has 4 aromatic rings. The van der Waals surface area contributed by atoms with Gasteiger partial charge in [-0.3, -0.25) is 0 Å². The predicted octanol–water partition coefficient (Wildman–Crippen LogP) is 7.68. The average Bonchev–Trinajstić information content (AvgIpc) is 3.53. The molecule has 1 aliphatic rings. The van der Waals surface area contributed by atoms with Gasteiger partial charge in [0.2, 0.25) is 0 Å². The Labute approximate surface area is 276 Å². The number of benzene rings is 3. The van der Waals surface area contributed by atoms with Crippen molar-refractivity contribution in [1.29, 1.82) is 0 Å². The highest BCUT2D eigenvalue weighted by atomic mass is 32.2. The number of rotatable bonds is 10. The highest BCUT2D eigenvalue weighted by Crippen LogP contribution is 2.38. The number of hydrogen-bond acceptors (Lipinski definition) is 7. The number of nitrogens with zero attached hydrogens (tertiary/aromatic N) is 4. The van der Waals surface area contributed by atoms with Crippen molar-refractivity contribution in [3.63, 3.8) is 0 Å². The van der Waals surface area contributed by atoms with Crippen LogP contribution >= 0.6 is 11.8 Å². The summed E-state index contributed by atoms with van der Waals surface area (Å²) in [5, 5.41) is 10.7. The molecule has 0 spiro atoms. The number of nitrogens with one attached hydrogen (secondary N) is 2. The third-order valence-corrected chi connectivity index (χ3v) is 9.20. The van der Waals surface area contributed by atoms with Crippen molar-refractivity contribution in [3.8, 4) is 28.6 Å². The molecule has 1 aromatic heterocycles. The molecule has 9 nitrogen and oxygen atoms in total. The van der Waals surface area contributed by atoms with Gasteiger partial charge in [0, 0.05) is 29.9 Å². The lowest BCUT2D eigenvalue weighted by Crippen LogP contribution is -2.55. The van der Waals surface area contributed by atoms with E-state index in [4.69, 9.17) is 4.74 Å². The smallest absolute Gasteiger partial charge is 0.497 e. The fraction of sp³-hybridized carbons (Fsp3) is 0.382. The number of urea groups is 1. The second kappa shape index (κ2) is 14.6. The Morgan fingerprint density at radius 2 is 1.74 bits per heavy atom. The molecular weight excluding hydrogens is 629 g/mol. The van der Waals surface area contributed by atoms with Gasteiger partial charge >= 0.3 is 12.4 Å². The van der Waals surface area contributed by atoms with Crippen LogP contribution < -0.4 is 25.0 Å². The van der Waals surface area contributed by atoms with E-state index in [0.717, 1.165) is 34.7 Å². The Balaban J connectivity index is 1.18. The van der Waals surface area contributed by atoms with Crippen LogP contribution in [0.25, 0.3) is 17.1 Å². The molecule has 3 aromatic carbocycles. The lowest BCUT2D eigenvalue weighted by atomic mass is 9.99. The fourth-order valence-electron chi connectivity index (χ4n) is 5.45. The number of anilines is 1. The summed E-state index contributed by atoms with van der Waals surface area (Å²) in [6.45, 7) is 9.01. The van der Waals surface area contributed by atoms with Gasteiger partial charge in [-0.2, -0.15) is 0 Å². The van der Waals surface area contributed by atoms with Gasteiger partial charge in [-0.05, 0) is 72.4 Å². The zero-order chi connectivity index (χ0) is 33.7. The molecule has 3 atom stereocenters. The van der Waals surface area contributed by atoms with E-state index in [2.05, 4.69) is 63.3 Å². The van der Waals surface area contributed by atoms with Crippen molar-refractivity contribution in [3.05, 3.63) is 84.2 Å². The van der Waals surface area contributed by atoms with Crippen LogP contribution in [0.15, 0.2) is 73.1 Å². The Morgan fingerprint density at radius 3 is 2.40 bits per heavy atom. The SMILES string of the molecule is COc1ccc(C(C)C)c(N2C(C)CCSC2NC(=O)NCC(C)c2ccc(-c3ncn(-c4ccc(OC(F)(F)F)cc4)n3)cc2)c1. The number of aromatic nitrogens is 3. The first kappa shape index (κ1) is 34.0. The molecule has 0 saturated carbocycles. The Bertz CT molecular complexity index is 1650. The summed E-state index contributed by atoms with van der Waals surface area (Å²) in [5.74, 6) is 2.24. The minimum atomic E-state index is -4.75. The standard InChI is InChI=1S/C34H39F3N6O3S/c1-21(2)29-15-14-28(45-5)18-30(29)43-23(4)16-17-47-33(43)40-32(44)38-19-22(3)24-6-8-25(9-7-24)31-39-20-42(41-31)26-10-12-27(13-11-26)46-34(35,36)37/h6-15,18,20-23,33H,16-17,19H2,1-5H3,(H2,38,40,44). The summed E-state index contributed by atoms with van der Waals surface area (Å²) >= 11 is 1.72. The Hall–Kier alpha value is -4.39. The van der Waals surface area contributed by atoms with Gasteiger partial charge in [-0.1, -0.05) is 51.1 Å². The quantitative estimate of drug-likeness (QED) is 0.179. The van der Waals surface area contributed by atoms with Gasteiger partial charge < -0.3 is 25.0 Å². The van der Waals surface area contributed by atoms with Crippen LogP contribution in [0.4, 0.5) is 23.7 Å². The molecule has 47 heavy (non-hydrogen) atoms. The number of hydrogen-bond donors (Lipinski definition) is 2. The van der Waals surface area contributed by atoms with Gasteiger partial charge in [0.1, 0.15) is 17.8 Å². The van der Waals surface area contributed by atoms with Crippen LogP contribution in [-0.2, 0) is 0 Å². The molecule has 0 bridgehead atoms. The van der Waals surface area contributed by atoms with E-state index in [9.17, 15) is 18.0 Å². The van der Waals surface area contributed by atoms with E-state index in [-0.39, 0.29) is 29.2 Å². The first-order valence-corrected chi connectivity index (χ1v) is 16.5. The maximum atomic E-state index is 13.1. The van der Waals surface area contributed by atoms with Gasteiger partial charge in [-0.15, -0.1) is 30.0 Å². The lowest BCUT2D eigenvalue weighted by molar-refractivity contribution is -0.274. The summed E-state index contributed by atoms with van der Waals surface area (Å²) in [7, 11) is 1.66. The zero-order valence-corrected chi connectivity index (χ0v) is 27.7. The molecule has 3 unspecified atom stereocenters. The highest BCUT2D eigenvalue weighted by Gasteiger charge is 2.32. The number of alkyl halides is 3. The predicted molar refractivity (Wildman–Crippen MR) is 178 cm³/mol. The zero-order valence-electron chi connectivity index (χ0n) is 26.9. The van der Waals surface area contributed by atoms with Gasteiger partial charge in [0.05, 0.1) is 12.8 Å². The van der Waals surface area contributed by atoms with Gasteiger partial charge in [0.15, 0.2) is 11.3 Å². The van der Waals surface area contributed by atoms with Crippen LogP contribution in [0, 0.1) is 0 Å². The van der Waals surface area contributed by atoms with Crippen molar-refractivity contribution < 1.29 is 27.4 Å². The average molecular weight is 669 g/mol. The molecule has 13 heteroatoms. The van der Waals surface area contributed by atoms with E-state index in [1.165, 1.54) is 40.8 Å². The molecule has 2 N–H and O–H groups in total. The lowest BCUT2D eigenvalue weighted by Gasteiger charge is -2.43. The summed E-state index contributed by atoms with van der Waals surface area (Å²) in [5.41, 5.74) is 4.42. The van der Waals surface area contributed by atoms with Crippen molar-refractivity contribution in [2.45, 2.75) is 63.9 Å². The Morgan fingerprint density at radius 1 is 1.04 bits per heavy atom. The Kier molecular flexibility index (Phi) is 10.5. The number of thioether (sulfide) groups is 1. The second-order valence-electron chi connectivity index (χ2n) is 11.8. The monoisotopic (exact) mass is 668 g/mol. The second-order valence-corrected chi connectivity index (χ2v) is 13.0. The first-order chi connectivity index (χ1) is 22.4. The maximum absolute atomic E-state index is 13.1. The molecule has 0 aliphatic carbocycles. The van der Waals surface area contributed by atoms with Crippen molar-refractivity contribution in [2.75, 3.05) is 24.3 Å². The largest absolute Gasteiger partial charge is 0.573 e. The number of amides is 2. The summed E-state index contributed by atoms with van der Waals surface area (Å²) in [4.78, 5) is 19.8. The molecule has 5 rings (SSSR count). The van der Waals surface area contributed by atoms with E-state index in [0.29, 0.717) is 24.0 Å². The van der Waals surface area contributed by atoms with E-state index in [1.807, 2.05) is 37.3 Å². The van der Waals surface area contributed by atoms with E-state index < -0.39 is 6.36 Å². The molecule has 1 fully saturated rings. The van der Waals surface area contributed by atoms with Crippen molar-refractivity contribution >= 4 is 23.5 Å². The number of carbonyl (C=O) groups is 1. The van der Waals surface area contributed by atoms with Crippen molar-refractivity contribution in [1.82, 2.24) is 25.4 Å². The van der Waals surface area contributed by atoms with Crippen molar-refractivity contribution in [2.24, 2.45) is 0 Å². The number of carbonyl (C=O) groups excluding carboxylic acids is 1. The molecule has 250 valence electrons. The highest BCUT2D eigenvalue weighted by molar-refractivity contribution is 8.00.